The van der Waals surface area contributed by atoms with Crippen LogP contribution in [-0.2, 0) is 9.84 Å². The fourth-order valence-electron chi connectivity index (χ4n) is 2.20. The lowest BCUT2D eigenvalue weighted by atomic mass is 10.0. The van der Waals surface area contributed by atoms with Crippen LogP contribution >= 0.6 is 0 Å². The summed E-state index contributed by atoms with van der Waals surface area (Å²) in [6, 6.07) is 0. The van der Waals surface area contributed by atoms with Gasteiger partial charge in [-0.15, -0.1) is 0 Å². The molecular formula is C9H19NO2S. The minimum atomic E-state index is -2.87. The Balaban J connectivity index is 2.66. The third-order valence-corrected chi connectivity index (χ3v) is 4.53. The van der Waals surface area contributed by atoms with E-state index >= 15 is 0 Å². The molecule has 0 bridgehead atoms. The van der Waals surface area contributed by atoms with Gasteiger partial charge in [0.1, 0.15) is 0 Å². The number of hydrogen-bond acceptors (Lipinski definition) is 3. The molecule has 0 spiro atoms. The SMILES string of the molecule is CNCC(C1CCCC1)S(C)(=O)=O. The van der Waals surface area contributed by atoms with Crippen molar-refractivity contribution in [2.24, 2.45) is 5.92 Å². The van der Waals surface area contributed by atoms with Crippen molar-refractivity contribution in [1.29, 1.82) is 0 Å². The summed E-state index contributed by atoms with van der Waals surface area (Å²) < 4.78 is 22.9. The van der Waals surface area contributed by atoms with Crippen molar-refractivity contribution in [2.75, 3.05) is 19.8 Å². The Labute approximate surface area is 80.8 Å². The third-order valence-electron chi connectivity index (χ3n) is 2.88. The fourth-order valence-corrected chi connectivity index (χ4v) is 3.64. The molecule has 0 aromatic heterocycles. The zero-order valence-corrected chi connectivity index (χ0v) is 9.23. The minimum Gasteiger partial charge on any atom is -0.318 e. The average Bonchev–Trinajstić information content (AvgIpc) is 2.49. The van der Waals surface area contributed by atoms with Crippen molar-refractivity contribution in [3.05, 3.63) is 0 Å². The van der Waals surface area contributed by atoms with Crippen LogP contribution in [0.4, 0.5) is 0 Å². The number of rotatable bonds is 4. The molecular weight excluding hydrogens is 186 g/mol. The Bertz CT molecular complexity index is 242. The quantitative estimate of drug-likeness (QED) is 0.739. The molecule has 0 aromatic carbocycles. The Morgan fingerprint density at radius 3 is 2.31 bits per heavy atom. The molecule has 1 atom stereocenters. The van der Waals surface area contributed by atoms with Crippen LogP contribution in [0.25, 0.3) is 0 Å². The van der Waals surface area contributed by atoms with Crippen LogP contribution in [-0.4, -0.2) is 33.5 Å². The minimum absolute atomic E-state index is 0.167. The van der Waals surface area contributed by atoms with E-state index in [0.717, 1.165) is 12.8 Å². The van der Waals surface area contributed by atoms with Gasteiger partial charge in [-0.05, 0) is 25.8 Å². The van der Waals surface area contributed by atoms with E-state index in [4.69, 9.17) is 0 Å². The van der Waals surface area contributed by atoms with Crippen molar-refractivity contribution in [1.82, 2.24) is 5.32 Å². The van der Waals surface area contributed by atoms with Gasteiger partial charge in [0.2, 0.25) is 0 Å². The molecule has 1 N–H and O–H groups in total. The van der Waals surface area contributed by atoms with E-state index in [2.05, 4.69) is 5.32 Å². The summed E-state index contributed by atoms with van der Waals surface area (Å²) in [5.74, 6) is 0.391. The van der Waals surface area contributed by atoms with Crippen molar-refractivity contribution in [2.45, 2.75) is 30.9 Å². The molecule has 1 unspecified atom stereocenters. The van der Waals surface area contributed by atoms with Gasteiger partial charge in [-0.3, -0.25) is 0 Å². The van der Waals surface area contributed by atoms with Crippen LogP contribution in [0.3, 0.4) is 0 Å². The summed E-state index contributed by atoms with van der Waals surface area (Å²) >= 11 is 0. The Kier molecular flexibility index (Phi) is 3.74. The number of hydrogen-bond donors (Lipinski definition) is 1. The fraction of sp³-hybridized carbons (Fsp3) is 1.00. The van der Waals surface area contributed by atoms with Crippen molar-refractivity contribution in [3.8, 4) is 0 Å². The summed E-state index contributed by atoms with van der Waals surface area (Å²) in [6.07, 6.45) is 5.91. The summed E-state index contributed by atoms with van der Waals surface area (Å²) in [6.45, 7) is 0.601. The molecule has 3 nitrogen and oxygen atoms in total. The second-order valence-electron chi connectivity index (χ2n) is 3.97. The Morgan fingerprint density at radius 2 is 1.92 bits per heavy atom. The topological polar surface area (TPSA) is 46.2 Å². The lowest BCUT2D eigenvalue weighted by Crippen LogP contribution is -2.36. The molecule has 0 aliphatic heterocycles. The van der Waals surface area contributed by atoms with Gasteiger partial charge in [-0.1, -0.05) is 12.8 Å². The summed E-state index contributed by atoms with van der Waals surface area (Å²) in [5.41, 5.74) is 0. The van der Waals surface area contributed by atoms with Crippen LogP contribution in [0.2, 0.25) is 0 Å². The van der Waals surface area contributed by atoms with Gasteiger partial charge in [0, 0.05) is 12.8 Å². The standard InChI is InChI=1S/C9H19NO2S/c1-10-7-9(13(2,11)12)8-5-3-4-6-8/h8-10H,3-7H2,1-2H3. The largest absolute Gasteiger partial charge is 0.318 e. The smallest absolute Gasteiger partial charge is 0.151 e. The van der Waals surface area contributed by atoms with E-state index in [1.807, 2.05) is 7.05 Å². The van der Waals surface area contributed by atoms with E-state index < -0.39 is 9.84 Å². The summed E-state index contributed by atoms with van der Waals surface area (Å²) in [4.78, 5) is 0. The first-order chi connectivity index (χ1) is 6.05. The number of sulfone groups is 1. The number of nitrogens with one attached hydrogen (secondary N) is 1. The Hall–Kier alpha value is -0.0900. The predicted molar refractivity (Wildman–Crippen MR) is 54.5 cm³/mol. The summed E-state index contributed by atoms with van der Waals surface area (Å²) in [5, 5.41) is 2.81. The lowest BCUT2D eigenvalue weighted by molar-refractivity contribution is 0.473. The highest BCUT2D eigenvalue weighted by molar-refractivity contribution is 7.91. The first kappa shape index (κ1) is 11.0. The van der Waals surface area contributed by atoms with E-state index in [9.17, 15) is 8.42 Å². The zero-order valence-electron chi connectivity index (χ0n) is 8.41. The second-order valence-corrected chi connectivity index (χ2v) is 6.23. The third kappa shape index (κ3) is 2.95. The molecule has 1 fully saturated rings. The molecule has 1 saturated carbocycles. The van der Waals surface area contributed by atoms with Crippen LogP contribution in [0.5, 0.6) is 0 Å². The van der Waals surface area contributed by atoms with Crippen molar-refractivity contribution >= 4 is 9.84 Å². The molecule has 78 valence electrons. The van der Waals surface area contributed by atoms with E-state index in [1.54, 1.807) is 0 Å². The molecule has 1 rings (SSSR count). The van der Waals surface area contributed by atoms with Gasteiger partial charge in [-0.25, -0.2) is 8.42 Å². The highest BCUT2D eigenvalue weighted by Gasteiger charge is 2.31. The van der Waals surface area contributed by atoms with Crippen LogP contribution in [0, 0.1) is 5.92 Å². The van der Waals surface area contributed by atoms with Gasteiger partial charge in [0.15, 0.2) is 9.84 Å². The van der Waals surface area contributed by atoms with Gasteiger partial charge in [-0.2, -0.15) is 0 Å². The second kappa shape index (κ2) is 4.42. The molecule has 0 saturated heterocycles. The first-order valence-corrected chi connectivity index (χ1v) is 6.84. The maximum Gasteiger partial charge on any atom is 0.151 e. The monoisotopic (exact) mass is 205 g/mol. The molecule has 0 amide bonds. The van der Waals surface area contributed by atoms with E-state index in [0.29, 0.717) is 12.5 Å². The normalized spacial score (nSPS) is 22.0. The molecule has 0 aromatic rings. The maximum absolute atomic E-state index is 11.5. The highest BCUT2D eigenvalue weighted by Crippen LogP contribution is 2.30. The molecule has 4 heteroatoms. The van der Waals surface area contributed by atoms with E-state index in [-0.39, 0.29) is 5.25 Å². The van der Waals surface area contributed by atoms with Gasteiger partial charge in [0.25, 0.3) is 0 Å². The highest BCUT2D eigenvalue weighted by atomic mass is 32.2. The molecule has 1 aliphatic carbocycles. The Morgan fingerprint density at radius 1 is 1.38 bits per heavy atom. The van der Waals surface area contributed by atoms with Crippen LogP contribution in [0.1, 0.15) is 25.7 Å². The van der Waals surface area contributed by atoms with Crippen molar-refractivity contribution < 1.29 is 8.42 Å². The van der Waals surface area contributed by atoms with Crippen molar-refractivity contribution in [3.63, 3.8) is 0 Å². The van der Waals surface area contributed by atoms with Gasteiger partial charge < -0.3 is 5.32 Å². The summed E-state index contributed by atoms with van der Waals surface area (Å²) in [7, 11) is -1.06. The van der Waals surface area contributed by atoms with E-state index in [1.165, 1.54) is 19.1 Å². The molecule has 1 aliphatic rings. The average molecular weight is 205 g/mol. The molecule has 0 radical (unpaired) electrons. The first-order valence-electron chi connectivity index (χ1n) is 4.89. The van der Waals surface area contributed by atoms with Gasteiger partial charge >= 0.3 is 0 Å². The lowest BCUT2D eigenvalue weighted by Gasteiger charge is -2.20. The predicted octanol–water partition coefficient (Wildman–Crippen LogP) is 0.809. The van der Waals surface area contributed by atoms with Crippen LogP contribution in [0.15, 0.2) is 0 Å². The molecule has 13 heavy (non-hydrogen) atoms. The maximum atomic E-state index is 11.5. The van der Waals surface area contributed by atoms with Crippen LogP contribution < -0.4 is 5.32 Å². The van der Waals surface area contributed by atoms with Gasteiger partial charge in [0.05, 0.1) is 5.25 Å². The molecule has 0 heterocycles. The zero-order chi connectivity index (χ0) is 9.90.